The Labute approximate surface area is 114 Å². The first-order valence-corrected chi connectivity index (χ1v) is 6.64. The van der Waals surface area contributed by atoms with Crippen molar-refractivity contribution in [3.8, 4) is 5.75 Å². The molecular weight excluding hydrogens is 238 g/mol. The van der Waals surface area contributed by atoms with Gasteiger partial charge in [-0.2, -0.15) is 0 Å². The van der Waals surface area contributed by atoms with Crippen LogP contribution in [0.1, 0.15) is 36.3 Å². The molecule has 3 heteroatoms. The zero-order valence-corrected chi connectivity index (χ0v) is 11.7. The smallest absolute Gasteiger partial charge is 0.171 e. The molecule has 1 heterocycles. The normalized spacial score (nSPS) is 14.1. The maximum absolute atomic E-state index is 6.15. The van der Waals surface area contributed by atoms with Gasteiger partial charge in [0.1, 0.15) is 11.5 Å². The van der Waals surface area contributed by atoms with E-state index in [0.29, 0.717) is 0 Å². The predicted molar refractivity (Wildman–Crippen MR) is 76.3 cm³/mol. The summed E-state index contributed by atoms with van der Waals surface area (Å²) in [5.41, 5.74) is 8.48. The average Bonchev–Trinajstić information content (AvgIpc) is 2.91. The topological polar surface area (TPSA) is 48.4 Å². The molecule has 0 aliphatic rings. The van der Waals surface area contributed by atoms with Crippen molar-refractivity contribution >= 4 is 0 Å². The van der Waals surface area contributed by atoms with E-state index in [4.69, 9.17) is 14.9 Å². The van der Waals surface area contributed by atoms with Crippen LogP contribution < -0.4 is 10.5 Å². The van der Waals surface area contributed by atoms with Crippen molar-refractivity contribution in [2.75, 3.05) is 0 Å². The number of hydrogen-bond donors (Lipinski definition) is 1. The van der Waals surface area contributed by atoms with Gasteiger partial charge in [0.05, 0.1) is 6.26 Å². The summed E-state index contributed by atoms with van der Waals surface area (Å²) in [6, 6.07) is 9.81. The van der Waals surface area contributed by atoms with Gasteiger partial charge in [0.25, 0.3) is 0 Å². The zero-order chi connectivity index (χ0) is 13.8. The van der Waals surface area contributed by atoms with Crippen molar-refractivity contribution in [1.29, 1.82) is 0 Å². The van der Waals surface area contributed by atoms with E-state index in [1.165, 1.54) is 5.56 Å². The number of aryl methyl sites for hydroxylation is 2. The van der Waals surface area contributed by atoms with E-state index in [-0.39, 0.29) is 12.1 Å². The number of nitrogens with two attached hydrogens (primary N) is 1. The highest BCUT2D eigenvalue weighted by Gasteiger charge is 2.23. The lowest BCUT2D eigenvalue weighted by atomic mass is 10.1. The Morgan fingerprint density at radius 2 is 2.05 bits per heavy atom. The van der Waals surface area contributed by atoms with Gasteiger partial charge in [-0.15, -0.1) is 0 Å². The number of furan rings is 1. The van der Waals surface area contributed by atoms with Gasteiger partial charge in [-0.1, -0.05) is 24.6 Å². The number of ether oxygens (including phenoxy) is 1. The molecule has 1 aromatic carbocycles. The Hall–Kier alpha value is -1.74. The van der Waals surface area contributed by atoms with Crippen LogP contribution >= 0.6 is 0 Å². The fourth-order valence-corrected chi connectivity index (χ4v) is 2.09. The molecule has 3 nitrogen and oxygen atoms in total. The van der Waals surface area contributed by atoms with Gasteiger partial charge in [-0.05, 0) is 44.0 Å². The molecule has 0 radical (unpaired) electrons. The summed E-state index contributed by atoms with van der Waals surface area (Å²) >= 11 is 0. The van der Waals surface area contributed by atoms with Crippen molar-refractivity contribution in [3.05, 3.63) is 53.5 Å². The summed E-state index contributed by atoms with van der Waals surface area (Å²) in [6.45, 7) is 6.16. The molecule has 2 atom stereocenters. The second-order valence-corrected chi connectivity index (χ2v) is 4.89. The van der Waals surface area contributed by atoms with Crippen molar-refractivity contribution < 1.29 is 9.15 Å². The number of rotatable bonds is 5. The number of benzene rings is 1. The molecule has 0 saturated heterocycles. The van der Waals surface area contributed by atoms with Crippen LogP contribution in [0.15, 0.2) is 41.0 Å². The van der Waals surface area contributed by atoms with E-state index >= 15 is 0 Å². The Kier molecular flexibility index (Phi) is 4.27. The largest absolute Gasteiger partial charge is 0.481 e. The van der Waals surface area contributed by atoms with E-state index in [9.17, 15) is 0 Å². The summed E-state index contributed by atoms with van der Waals surface area (Å²) < 4.78 is 11.5. The van der Waals surface area contributed by atoms with Crippen LogP contribution in [-0.2, 0) is 0 Å². The molecule has 19 heavy (non-hydrogen) atoms. The Morgan fingerprint density at radius 1 is 1.26 bits per heavy atom. The molecule has 0 fully saturated rings. The van der Waals surface area contributed by atoms with Crippen LogP contribution in [0.2, 0.25) is 0 Å². The summed E-state index contributed by atoms with van der Waals surface area (Å²) in [7, 11) is 0. The summed E-state index contributed by atoms with van der Waals surface area (Å²) in [4.78, 5) is 0. The molecule has 2 unspecified atom stereocenters. The van der Waals surface area contributed by atoms with E-state index in [1.54, 1.807) is 6.26 Å². The predicted octanol–water partition coefficient (Wildman–Crippen LogP) is 3.75. The van der Waals surface area contributed by atoms with Crippen LogP contribution in [0.25, 0.3) is 0 Å². The monoisotopic (exact) mass is 259 g/mol. The molecule has 0 amide bonds. The highest BCUT2D eigenvalue weighted by atomic mass is 16.5. The van der Waals surface area contributed by atoms with Crippen molar-refractivity contribution in [1.82, 2.24) is 0 Å². The molecule has 102 valence electrons. The first-order valence-electron chi connectivity index (χ1n) is 6.64. The first-order chi connectivity index (χ1) is 9.11. The maximum Gasteiger partial charge on any atom is 0.171 e. The summed E-state index contributed by atoms with van der Waals surface area (Å²) in [6.07, 6.45) is 2.23. The molecule has 0 saturated carbocycles. The minimum Gasteiger partial charge on any atom is -0.481 e. The van der Waals surface area contributed by atoms with E-state index in [0.717, 1.165) is 23.5 Å². The van der Waals surface area contributed by atoms with Crippen LogP contribution in [0.4, 0.5) is 0 Å². The molecule has 0 bridgehead atoms. The van der Waals surface area contributed by atoms with E-state index in [2.05, 4.69) is 13.0 Å². The molecule has 0 aliphatic heterocycles. The van der Waals surface area contributed by atoms with E-state index in [1.807, 2.05) is 38.1 Å². The summed E-state index contributed by atoms with van der Waals surface area (Å²) in [5.74, 6) is 1.63. The highest BCUT2D eigenvalue weighted by Crippen LogP contribution is 2.28. The van der Waals surface area contributed by atoms with Gasteiger partial charge < -0.3 is 14.9 Å². The van der Waals surface area contributed by atoms with Gasteiger partial charge in [0, 0.05) is 6.04 Å². The maximum atomic E-state index is 6.15. The lowest BCUT2D eigenvalue weighted by Gasteiger charge is -2.23. The lowest BCUT2D eigenvalue weighted by molar-refractivity contribution is 0.144. The second kappa shape index (κ2) is 5.93. The zero-order valence-electron chi connectivity index (χ0n) is 11.7. The molecule has 2 N–H and O–H groups in total. The fourth-order valence-electron chi connectivity index (χ4n) is 2.09. The third-order valence-corrected chi connectivity index (χ3v) is 3.27. The summed E-state index contributed by atoms with van der Waals surface area (Å²) in [5, 5.41) is 0. The van der Waals surface area contributed by atoms with Crippen molar-refractivity contribution in [2.24, 2.45) is 5.73 Å². The number of hydrogen-bond acceptors (Lipinski definition) is 3. The van der Waals surface area contributed by atoms with E-state index < -0.39 is 0 Å². The molecule has 0 aliphatic carbocycles. The minimum absolute atomic E-state index is 0.0909. The molecule has 0 spiro atoms. The van der Waals surface area contributed by atoms with Gasteiger partial charge >= 0.3 is 0 Å². The van der Waals surface area contributed by atoms with Gasteiger partial charge in [0.2, 0.25) is 0 Å². The van der Waals surface area contributed by atoms with Gasteiger partial charge in [0.15, 0.2) is 6.10 Å². The quantitative estimate of drug-likeness (QED) is 0.889. The Bertz CT molecular complexity index is 520. The highest BCUT2D eigenvalue weighted by molar-refractivity contribution is 5.36. The van der Waals surface area contributed by atoms with Crippen molar-refractivity contribution in [3.63, 3.8) is 0 Å². The third kappa shape index (κ3) is 3.18. The molecule has 2 aromatic rings. The Balaban J connectivity index is 2.25. The molecule has 1 aromatic heterocycles. The third-order valence-electron chi connectivity index (χ3n) is 3.27. The van der Waals surface area contributed by atoms with Crippen molar-refractivity contribution in [2.45, 2.75) is 39.3 Å². The fraction of sp³-hybridized carbons (Fsp3) is 0.375. The minimum atomic E-state index is -0.249. The van der Waals surface area contributed by atoms with Crippen LogP contribution in [-0.4, -0.2) is 6.04 Å². The van der Waals surface area contributed by atoms with Crippen LogP contribution in [0.3, 0.4) is 0 Å². The molecule has 2 rings (SSSR count). The van der Waals surface area contributed by atoms with Gasteiger partial charge in [-0.3, -0.25) is 0 Å². The lowest BCUT2D eigenvalue weighted by Crippen LogP contribution is -2.31. The van der Waals surface area contributed by atoms with Gasteiger partial charge in [-0.25, -0.2) is 0 Å². The first kappa shape index (κ1) is 13.7. The SMILES string of the molecule is CCC(N)C(Oc1ccc(C)cc1C)c1ccco1. The van der Waals surface area contributed by atoms with Crippen LogP contribution in [0.5, 0.6) is 5.75 Å². The second-order valence-electron chi connectivity index (χ2n) is 4.89. The van der Waals surface area contributed by atoms with Crippen LogP contribution in [0, 0.1) is 13.8 Å². The molecular formula is C16H21NO2. The Morgan fingerprint density at radius 3 is 2.63 bits per heavy atom. The average molecular weight is 259 g/mol. The standard InChI is InChI=1S/C16H21NO2/c1-4-13(17)16(15-6-5-9-18-15)19-14-8-7-11(2)10-12(14)3/h5-10,13,16H,4,17H2,1-3H3.